The Balaban J connectivity index is 1.92. The molecule has 2 aromatic carbocycles. The first kappa shape index (κ1) is 15.2. The number of nitrogens with one attached hydrogen (secondary N) is 1. The highest BCUT2D eigenvalue weighted by atomic mass is 32.1. The highest BCUT2D eigenvalue weighted by Crippen LogP contribution is 2.29. The number of aromatic amines is 1. The fourth-order valence-corrected chi connectivity index (χ4v) is 2.54. The van der Waals surface area contributed by atoms with E-state index >= 15 is 0 Å². The molecule has 0 fully saturated rings. The van der Waals surface area contributed by atoms with Crippen LogP contribution in [-0.2, 0) is 13.2 Å². The Morgan fingerprint density at radius 3 is 2.65 bits per heavy atom. The van der Waals surface area contributed by atoms with Gasteiger partial charge in [0.05, 0.1) is 5.56 Å². The molecule has 4 nitrogen and oxygen atoms in total. The summed E-state index contributed by atoms with van der Waals surface area (Å²) in [5.41, 5.74) is 2.02. The molecule has 5 heteroatoms. The minimum absolute atomic E-state index is 0.504. The highest BCUT2D eigenvalue weighted by Gasteiger charge is 2.13. The summed E-state index contributed by atoms with van der Waals surface area (Å²) in [4.78, 5) is 0. The first-order chi connectivity index (χ1) is 11.3. The summed E-state index contributed by atoms with van der Waals surface area (Å²) in [5.74, 6) is 1.52. The third kappa shape index (κ3) is 3.40. The predicted molar refractivity (Wildman–Crippen MR) is 93.8 cm³/mol. The van der Waals surface area contributed by atoms with Crippen LogP contribution in [0.4, 0.5) is 0 Å². The zero-order valence-corrected chi connectivity index (χ0v) is 13.4. The van der Waals surface area contributed by atoms with E-state index in [1.807, 2.05) is 59.2 Å². The zero-order valence-electron chi connectivity index (χ0n) is 12.6. The maximum absolute atomic E-state index is 5.99. The lowest BCUT2D eigenvalue weighted by Gasteiger charge is -2.11. The number of nitrogens with zero attached hydrogens (tertiary/aromatic N) is 2. The summed E-state index contributed by atoms with van der Waals surface area (Å²) in [6, 6.07) is 17.9. The van der Waals surface area contributed by atoms with Crippen LogP contribution >= 0.6 is 12.2 Å². The van der Waals surface area contributed by atoms with Gasteiger partial charge in [0.15, 0.2) is 10.6 Å². The molecule has 0 aliphatic rings. The first-order valence-electron chi connectivity index (χ1n) is 7.32. The van der Waals surface area contributed by atoms with E-state index in [2.05, 4.69) is 16.8 Å². The van der Waals surface area contributed by atoms with Gasteiger partial charge in [-0.1, -0.05) is 48.5 Å². The van der Waals surface area contributed by atoms with Gasteiger partial charge in [0.25, 0.3) is 0 Å². The standard InChI is InChI=1S/C18H17N3OS/c1-2-12-21-17(19-20-18(21)23)15-10-6-7-11-16(15)22-13-14-8-4-3-5-9-14/h2-11H,1,12-13H2,(H,20,23). The number of hydrogen-bond donors (Lipinski definition) is 1. The molecule has 23 heavy (non-hydrogen) atoms. The number of ether oxygens (including phenoxy) is 1. The Morgan fingerprint density at radius 2 is 1.87 bits per heavy atom. The second-order valence-electron chi connectivity index (χ2n) is 5.02. The molecule has 0 amide bonds. The van der Waals surface area contributed by atoms with Crippen molar-refractivity contribution in [1.82, 2.24) is 14.8 Å². The minimum Gasteiger partial charge on any atom is -0.488 e. The van der Waals surface area contributed by atoms with Crippen molar-refractivity contribution in [3.63, 3.8) is 0 Å². The van der Waals surface area contributed by atoms with Gasteiger partial charge in [-0.15, -0.1) is 6.58 Å². The Hall–Kier alpha value is -2.66. The molecular formula is C18H17N3OS. The SMILES string of the molecule is C=CCn1c(-c2ccccc2OCc2ccccc2)n[nH]c1=S. The van der Waals surface area contributed by atoms with E-state index in [1.54, 1.807) is 6.08 Å². The van der Waals surface area contributed by atoms with E-state index in [9.17, 15) is 0 Å². The van der Waals surface area contributed by atoms with Gasteiger partial charge in [0, 0.05) is 6.54 Å². The molecule has 1 heterocycles. The van der Waals surface area contributed by atoms with Crippen molar-refractivity contribution in [2.45, 2.75) is 13.2 Å². The highest BCUT2D eigenvalue weighted by molar-refractivity contribution is 7.71. The van der Waals surface area contributed by atoms with Crippen LogP contribution in [0.15, 0.2) is 67.3 Å². The second-order valence-corrected chi connectivity index (χ2v) is 5.41. The monoisotopic (exact) mass is 323 g/mol. The Bertz CT molecular complexity index is 852. The molecule has 0 atom stereocenters. The maximum atomic E-state index is 5.99. The third-order valence-corrected chi connectivity index (χ3v) is 3.75. The van der Waals surface area contributed by atoms with Crippen LogP contribution in [0.25, 0.3) is 11.4 Å². The van der Waals surface area contributed by atoms with Gasteiger partial charge in [-0.05, 0) is 29.9 Å². The lowest BCUT2D eigenvalue weighted by Crippen LogP contribution is -2.01. The predicted octanol–water partition coefficient (Wildman–Crippen LogP) is 4.37. The fraction of sp³-hybridized carbons (Fsp3) is 0.111. The molecule has 0 saturated carbocycles. The Morgan fingerprint density at radius 1 is 1.13 bits per heavy atom. The van der Waals surface area contributed by atoms with Crippen molar-refractivity contribution in [2.24, 2.45) is 0 Å². The van der Waals surface area contributed by atoms with E-state index in [1.165, 1.54) is 0 Å². The number of rotatable bonds is 6. The van der Waals surface area contributed by atoms with Crippen LogP contribution in [0.5, 0.6) is 5.75 Å². The van der Waals surface area contributed by atoms with Gasteiger partial charge in [-0.3, -0.25) is 9.67 Å². The molecule has 0 radical (unpaired) electrons. The summed E-state index contributed by atoms with van der Waals surface area (Å²) < 4.78 is 8.46. The molecule has 3 aromatic rings. The summed E-state index contributed by atoms with van der Waals surface area (Å²) in [6.45, 7) is 4.87. The normalized spacial score (nSPS) is 10.4. The molecule has 3 rings (SSSR count). The van der Waals surface area contributed by atoms with Crippen molar-refractivity contribution in [3.8, 4) is 17.1 Å². The van der Waals surface area contributed by atoms with Crippen LogP contribution < -0.4 is 4.74 Å². The lowest BCUT2D eigenvalue weighted by atomic mass is 10.2. The topological polar surface area (TPSA) is 42.8 Å². The van der Waals surface area contributed by atoms with Crippen LogP contribution in [0.1, 0.15) is 5.56 Å². The van der Waals surface area contributed by atoms with Crippen molar-refractivity contribution in [1.29, 1.82) is 0 Å². The van der Waals surface area contributed by atoms with Crippen molar-refractivity contribution < 1.29 is 4.74 Å². The van der Waals surface area contributed by atoms with E-state index in [-0.39, 0.29) is 0 Å². The Kier molecular flexibility index (Phi) is 4.68. The quantitative estimate of drug-likeness (QED) is 0.541. The van der Waals surface area contributed by atoms with Crippen LogP contribution in [0, 0.1) is 4.77 Å². The molecule has 0 bridgehead atoms. The van der Waals surface area contributed by atoms with E-state index < -0.39 is 0 Å². The zero-order chi connectivity index (χ0) is 16.1. The van der Waals surface area contributed by atoms with Crippen LogP contribution in [0.2, 0.25) is 0 Å². The van der Waals surface area contributed by atoms with Crippen molar-refractivity contribution in [2.75, 3.05) is 0 Å². The van der Waals surface area contributed by atoms with Gasteiger partial charge >= 0.3 is 0 Å². The number of aromatic nitrogens is 3. The molecule has 0 unspecified atom stereocenters. The minimum atomic E-state index is 0.504. The number of para-hydroxylation sites is 1. The molecule has 0 saturated heterocycles. The lowest BCUT2D eigenvalue weighted by molar-refractivity contribution is 0.307. The van der Waals surface area contributed by atoms with Gasteiger partial charge in [-0.2, -0.15) is 5.10 Å². The smallest absolute Gasteiger partial charge is 0.195 e. The van der Waals surface area contributed by atoms with E-state index in [4.69, 9.17) is 17.0 Å². The van der Waals surface area contributed by atoms with Gasteiger partial charge < -0.3 is 4.74 Å². The summed E-state index contributed by atoms with van der Waals surface area (Å²) >= 11 is 5.28. The molecule has 116 valence electrons. The second kappa shape index (κ2) is 7.07. The first-order valence-corrected chi connectivity index (χ1v) is 7.72. The Labute approximate surface area is 140 Å². The van der Waals surface area contributed by atoms with Crippen LogP contribution in [-0.4, -0.2) is 14.8 Å². The average molecular weight is 323 g/mol. The molecular weight excluding hydrogens is 306 g/mol. The number of allylic oxidation sites excluding steroid dienone is 1. The van der Waals surface area contributed by atoms with Gasteiger partial charge in [0.2, 0.25) is 0 Å². The molecule has 1 aromatic heterocycles. The van der Waals surface area contributed by atoms with Gasteiger partial charge in [0.1, 0.15) is 12.4 Å². The number of hydrogen-bond acceptors (Lipinski definition) is 3. The average Bonchev–Trinajstić information content (AvgIpc) is 2.95. The molecule has 0 aliphatic carbocycles. The van der Waals surface area contributed by atoms with E-state index in [0.717, 1.165) is 22.7 Å². The molecule has 0 aliphatic heterocycles. The van der Waals surface area contributed by atoms with Crippen LogP contribution in [0.3, 0.4) is 0 Å². The number of benzene rings is 2. The van der Waals surface area contributed by atoms with E-state index in [0.29, 0.717) is 17.9 Å². The number of H-pyrrole nitrogens is 1. The summed E-state index contributed by atoms with van der Waals surface area (Å²) in [5, 5.41) is 7.17. The summed E-state index contributed by atoms with van der Waals surface area (Å²) in [6.07, 6.45) is 1.79. The van der Waals surface area contributed by atoms with Crippen molar-refractivity contribution >= 4 is 12.2 Å². The molecule has 1 N–H and O–H groups in total. The maximum Gasteiger partial charge on any atom is 0.195 e. The van der Waals surface area contributed by atoms with Gasteiger partial charge in [-0.25, -0.2) is 0 Å². The molecule has 0 spiro atoms. The van der Waals surface area contributed by atoms with Crippen molar-refractivity contribution in [3.05, 3.63) is 77.6 Å². The fourth-order valence-electron chi connectivity index (χ4n) is 2.33. The largest absolute Gasteiger partial charge is 0.488 e. The third-order valence-electron chi connectivity index (χ3n) is 3.44. The summed E-state index contributed by atoms with van der Waals surface area (Å²) in [7, 11) is 0.